The van der Waals surface area contributed by atoms with Crippen molar-refractivity contribution in [2.75, 3.05) is 42.0 Å². The zero-order chi connectivity index (χ0) is 39.8. The minimum absolute atomic E-state index is 0.0475. The van der Waals surface area contributed by atoms with E-state index in [1.807, 2.05) is 6.92 Å². The average Bonchev–Trinajstić information content (AvgIpc) is 3.48. The van der Waals surface area contributed by atoms with E-state index in [0.29, 0.717) is 23.1 Å². The molecule has 14 nitrogen and oxygen atoms in total. The first-order valence-electron chi connectivity index (χ1n) is 17.3. The van der Waals surface area contributed by atoms with Gasteiger partial charge in [0.05, 0.1) is 29.3 Å². The van der Waals surface area contributed by atoms with Crippen molar-refractivity contribution in [1.82, 2.24) is 20.1 Å². The molecular formula is C37H46Cl2N6O8S. The molecule has 0 aliphatic rings. The van der Waals surface area contributed by atoms with E-state index < -0.39 is 45.8 Å². The number of nitrogens with one attached hydrogen (secondary N) is 1. The molecule has 0 aliphatic carbocycles. The number of aromatic nitrogens is 3. The second-order valence-electron chi connectivity index (χ2n) is 14.3. The van der Waals surface area contributed by atoms with Crippen molar-refractivity contribution < 1.29 is 37.0 Å². The molecule has 1 N–H and O–H groups in total. The van der Waals surface area contributed by atoms with Crippen LogP contribution in [0.25, 0.3) is 16.7 Å². The number of nitrogens with zero attached hydrogens (tertiary/aromatic N) is 5. The van der Waals surface area contributed by atoms with Crippen LogP contribution in [-0.4, -0.2) is 85.2 Å². The number of sulfonamides is 1. The summed E-state index contributed by atoms with van der Waals surface area (Å²) in [6.07, 6.45) is 2.53. The summed E-state index contributed by atoms with van der Waals surface area (Å²) in [5.74, 6) is -0.510. The van der Waals surface area contributed by atoms with Crippen LogP contribution in [0.3, 0.4) is 0 Å². The van der Waals surface area contributed by atoms with Gasteiger partial charge in [0.15, 0.2) is 11.6 Å². The highest BCUT2D eigenvalue weighted by molar-refractivity contribution is 7.92. The molecule has 2 aromatic carbocycles. The molecular weight excluding hydrogens is 759 g/mol. The molecule has 2 aromatic heterocycles. The quantitative estimate of drug-likeness (QED) is 0.0753. The van der Waals surface area contributed by atoms with E-state index >= 15 is 0 Å². The largest absolute Gasteiger partial charge is 0.464 e. The number of ether oxygens (including phenoxy) is 3. The maximum absolute atomic E-state index is 14.0. The van der Waals surface area contributed by atoms with Gasteiger partial charge in [-0.05, 0) is 103 Å². The molecule has 0 spiro atoms. The molecule has 0 bridgehead atoms. The molecule has 1 amide bonds. The number of amides is 1. The van der Waals surface area contributed by atoms with Crippen LogP contribution in [0.5, 0.6) is 0 Å². The highest BCUT2D eigenvalue weighted by atomic mass is 35.5. The lowest BCUT2D eigenvalue weighted by molar-refractivity contribution is -0.153. The minimum atomic E-state index is -4.33. The lowest BCUT2D eigenvalue weighted by Crippen LogP contribution is -2.42. The van der Waals surface area contributed by atoms with E-state index in [1.54, 1.807) is 88.7 Å². The Morgan fingerprint density at radius 2 is 1.56 bits per heavy atom. The highest BCUT2D eigenvalue weighted by Crippen LogP contribution is 2.31. The number of esters is 2. The SMILES string of the molecule is CCCCOC(=O)CN(c1ccc2c(ccn2-c2ccc(N(CCNCC(=O)OC(C)(C)C)C(=O)OC(C)(C)C)nn2)c1)S(=O)(=O)c1cc(Cl)cc(Cl)c1. The zero-order valence-corrected chi connectivity index (χ0v) is 33.7. The van der Waals surface area contributed by atoms with Gasteiger partial charge in [0.1, 0.15) is 17.7 Å². The normalized spacial score (nSPS) is 12.0. The second-order valence-corrected chi connectivity index (χ2v) is 17.0. The Bertz CT molecular complexity index is 2040. The maximum atomic E-state index is 14.0. The molecule has 0 atom stereocenters. The van der Waals surface area contributed by atoms with Crippen LogP contribution >= 0.6 is 23.2 Å². The number of hydrogen-bond acceptors (Lipinski definition) is 11. The number of halogens is 2. The molecule has 0 aliphatic heterocycles. The Morgan fingerprint density at radius 3 is 2.17 bits per heavy atom. The summed E-state index contributed by atoms with van der Waals surface area (Å²) in [6, 6.07) is 13.9. The second kappa shape index (κ2) is 17.8. The molecule has 54 heavy (non-hydrogen) atoms. The highest BCUT2D eigenvalue weighted by Gasteiger charge is 2.30. The lowest BCUT2D eigenvalue weighted by Gasteiger charge is -2.26. The zero-order valence-electron chi connectivity index (χ0n) is 31.4. The van der Waals surface area contributed by atoms with Gasteiger partial charge in [0, 0.05) is 34.7 Å². The van der Waals surface area contributed by atoms with Crippen molar-refractivity contribution in [1.29, 1.82) is 0 Å². The summed E-state index contributed by atoms with van der Waals surface area (Å²) in [4.78, 5) is 39.3. The van der Waals surface area contributed by atoms with E-state index in [-0.39, 0.29) is 52.7 Å². The number of benzene rings is 2. The van der Waals surface area contributed by atoms with Gasteiger partial charge in [-0.1, -0.05) is 36.5 Å². The average molecular weight is 806 g/mol. The van der Waals surface area contributed by atoms with Crippen LogP contribution in [0.2, 0.25) is 10.0 Å². The number of carbonyl (C=O) groups is 3. The maximum Gasteiger partial charge on any atom is 0.416 e. The topological polar surface area (TPSA) is 162 Å². The van der Waals surface area contributed by atoms with Crippen LogP contribution in [0.4, 0.5) is 16.3 Å². The van der Waals surface area contributed by atoms with Crippen molar-refractivity contribution in [3.8, 4) is 5.82 Å². The number of rotatable bonds is 15. The summed E-state index contributed by atoms with van der Waals surface area (Å²) in [5.41, 5.74) is -0.534. The Morgan fingerprint density at radius 1 is 0.870 bits per heavy atom. The van der Waals surface area contributed by atoms with Crippen LogP contribution < -0.4 is 14.5 Å². The third-order valence-electron chi connectivity index (χ3n) is 7.39. The molecule has 0 radical (unpaired) electrons. The number of unbranched alkanes of at least 4 members (excludes halogenated alkanes) is 1. The first-order chi connectivity index (χ1) is 25.3. The van der Waals surface area contributed by atoms with Crippen LogP contribution in [-0.2, 0) is 33.8 Å². The van der Waals surface area contributed by atoms with E-state index in [1.165, 1.54) is 23.1 Å². The van der Waals surface area contributed by atoms with Crippen molar-refractivity contribution in [2.45, 2.75) is 77.4 Å². The van der Waals surface area contributed by atoms with Gasteiger partial charge >= 0.3 is 18.0 Å². The Hall–Kier alpha value is -4.44. The molecule has 0 fully saturated rings. The van der Waals surface area contributed by atoms with Crippen molar-refractivity contribution in [3.05, 3.63) is 70.8 Å². The molecule has 0 saturated carbocycles. The van der Waals surface area contributed by atoms with Crippen LogP contribution in [0.1, 0.15) is 61.3 Å². The molecule has 4 rings (SSSR count). The van der Waals surface area contributed by atoms with Gasteiger partial charge in [0.2, 0.25) is 0 Å². The third-order valence-corrected chi connectivity index (χ3v) is 9.58. The molecule has 292 valence electrons. The number of hydrogen-bond donors (Lipinski definition) is 1. The molecule has 17 heteroatoms. The van der Waals surface area contributed by atoms with Crippen LogP contribution in [0, 0.1) is 0 Å². The monoisotopic (exact) mass is 804 g/mol. The molecule has 0 unspecified atom stereocenters. The fraction of sp³-hybridized carbons (Fsp3) is 0.432. The van der Waals surface area contributed by atoms with Gasteiger partial charge < -0.3 is 19.5 Å². The summed E-state index contributed by atoms with van der Waals surface area (Å²) < 4.78 is 46.9. The smallest absolute Gasteiger partial charge is 0.416 e. The van der Waals surface area contributed by atoms with E-state index in [9.17, 15) is 22.8 Å². The number of anilines is 2. The summed E-state index contributed by atoms with van der Waals surface area (Å²) in [5, 5.41) is 12.5. The van der Waals surface area contributed by atoms with Gasteiger partial charge in [-0.15, -0.1) is 10.2 Å². The molecule has 2 heterocycles. The molecule has 0 saturated heterocycles. The predicted molar refractivity (Wildman–Crippen MR) is 208 cm³/mol. The van der Waals surface area contributed by atoms with Gasteiger partial charge in [0.25, 0.3) is 10.0 Å². The van der Waals surface area contributed by atoms with Crippen molar-refractivity contribution >= 4 is 73.7 Å². The third kappa shape index (κ3) is 11.8. The fourth-order valence-electron chi connectivity index (χ4n) is 5.06. The van der Waals surface area contributed by atoms with E-state index in [4.69, 9.17) is 37.4 Å². The Kier molecular flexibility index (Phi) is 13.9. The Labute approximate surface area is 325 Å². The minimum Gasteiger partial charge on any atom is -0.464 e. The summed E-state index contributed by atoms with van der Waals surface area (Å²) in [7, 11) is -4.33. The molecule has 4 aromatic rings. The first-order valence-corrected chi connectivity index (χ1v) is 19.5. The Balaban J connectivity index is 1.61. The van der Waals surface area contributed by atoms with Crippen LogP contribution in [0.15, 0.2) is 65.7 Å². The first kappa shape index (κ1) is 42.3. The standard InChI is InChI=1S/C37H46Cl2N6O8S/c1-8-9-18-51-34(47)24-45(54(49,50)29-21-26(38)20-27(39)22-29)28-10-11-30-25(19-28)14-16-43(30)31-12-13-32(42-41-31)44(35(48)53-37(5,6)7)17-15-40-23-33(46)52-36(2,3)4/h10-14,16,19-22,40H,8-9,15,17-18,23-24H2,1-7H3. The van der Waals surface area contributed by atoms with Gasteiger partial charge in [-0.2, -0.15) is 0 Å². The number of fused-ring (bicyclic) bond motifs is 1. The summed E-state index contributed by atoms with van der Waals surface area (Å²) >= 11 is 12.3. The lowest BCUT2D eigenvalue weighted by atomic mass is 10.2. The van der Waals surface area contributed by atoms with Crippen molar-refractivity contribution in [2.24, 2.45) is 0 Å². The summed E-state index contributed by atoms with van der Waals surface area (Å²) in [6.45, 7) is 12.4. The van der Waals surface area contributed by atoms with Crippen molar-refractivity contribution in [3.63, 3.8) is 0 Å². The van der Waals surface area contributed by atoms with E-state index in [0.717, 1.165) is 10.7 Å². The predicted octanol–water partition coefficient (Wildman–Crippen LogP) is 6.94. The van der Waals surface area contributed by atoms with E-state index in [2.05, 4.69) is 15.5 Å². The van der Waals surface area contributed by atoms with Gasteiger partial charge in [-0.3, -0.25) is 23.4 Å². The fourth-order valence-corrected chi connectivity index (χ4v) is 7.19. The van der Waals surface area contributed by atoms with Gasteiger partial charge in [-0.25, -0.2) is 13.2 Å². The number of carbonyl (C=O) groups excluding carboxylic acids is 3.